The van der Waals surface area contributed by atoms with Crippen LogP contribution in [-0.4, -0.2) is 54.1 Å². The van der Waals surface area contributed by atoms with Gasteiger partial charge in [0.2, 0.25) is 5.95 Å². The zero-order chi connectivity index (χ0) is 28.0. The van der Waals surface area contributed by atoms with E-state index in [-0.39, 0.29) is 11.7 Å². The Morgan fingerprint density at radius 2 is 2.08 bits per heavy atom. The van der Waals surface area contributed by atoms with E-state index in [4.69, 9.17) is 14.7 Å². The van der Waals surface area contributed by atoms with Crippen molar-refractivity contribution in [3.8, 4) is 6.07 Å². The van der Waals surface area contributed by atoms with Gasteiger partial charge in [0.15, 0.2) is 0 Å². The third-order valence-electron chi connectivity index (χ3n) is 7.38. The van der Waals surface area contributed by atoms with E-state index in [1.165, 1.54) is 6.07 Å². The molecule has 0 aliphatic carbocycles. The third kappa shape index (κ3) is 4.58. The van der Waals surface area contributed by atoms with Gasteiger partial charge in [0, 0.05) is 29.4 Å². The highest BCUT2D eigenvalue weighted by atomic mass is 19.1. The summed E-state index contributed by atoms with van der Waals surface area (Å²) in [5.41, 5.74) is 3.45. The second kappa shape index (κ2) is 9.84. The van der Waals surface area contributed by atoms with E-state index in [0.717, 1.165) is 28.4 Å². The molecule has 1 fully saturated rings. The summed E-state index contributed by atoms with van der Waals surface area (Å²) in [6.07, 6.45) is 3.74. The van der Waals surface area contributed by atoms with Gasteiger partial charge in [-0.25, -0.2) is 9.37 Å². The van der Waals surface area contributed by atoms with E-state index in [1.54, 1.807) is 50.4 Å². The van der Waals surface area contributed by atoms with Crippen LogP contribution in [0.1, 0.15) is 46.5 Å². The Kier molecular flexibility index (Phi) is 6.31. The molecule has 9 nitrogen and oxygen atoms in total. The average molecular weight is 538 g/mol. The topological polar surface area (TPSA) is 116 Å². The Hall–Kier alpha value is -4.62. The highest BCUT2D eigenvalue weighted by Crippen LogP contribution is 2.37. The van der Waals surface area contributed by atoms with Gasteiger partial charge in [-0.1, -0.05) is 12.1 Å². The number of amides is 1. The highest BCUT2D eigenvalue weighted by molar-refractivity contribution is 6.36. The minimum Gasteiger partial charge on any atom is -0.377 e. The monoisotopic (exact) mass is 537 g/mol. The number of nitrogens with one attached hydrogen (secondary N) is 2. The maximum atomic E-state index is 15.1. The Morgan fingerprint density at radius 1 is 1.25 bits per heavy atom. The van der Waals surface area contributed by atoms with Crippen LogP contribution < -0.4 is 15.5 Å². The van der Waals surface area contributed by atoms with Gasteiger partial charge in [-0.2, -0.15) is 10.2 Å². The van der Waals surface area contributed by atoms with Crippen LogP contribution in [0.2, 0.25) is 0 Å². The van der Waals surface area contributed by atoms with Crippen molar-refractivity contribution in [2.24, 2.45) is 4.99 Å². The summed E-state index contributed by atoms with van der Waals surface area (Å²) in [4.78, 5) is 29.2. The molecule has 2 aromatic carbocycles. The van der Waals surface area contributed by atoms with Gasteiger partial charge in [0.1, 0.15) is 17.5 Å². The lowest BCUT2D eigenvalue weighted by Gasteiger charge is -2.30. The van der Waals surface area contributed by atoms with Gasteiger partial charge in [-0.15, -0.1) is 0 Å². The minimum atomic E-state index is -0.762. The number of amidine groups is 1. The lowest BCUT2D eigenvalue weighted by atomic mass is 9.85. The standard InChI is InChI=1S/C30H28FN7O2/c1-17-9-24(31)25(36-28(39)18-5-4-6-20(10-18)30(2,3)16-32)12-22(17)23-11-19-13-34-29(35-21-14-40-15-21)37-26(19)38-8-7-33-27(23)38/h4-6,9-13,21H,7-8,14-15H2,1-3H3,(H,36,39)(H,34,35,37). The molecule has 3 aliphatic rings. The van der Waals surface area contributed by atoms with Crippen LogP contribution >= 0.6 is 0 Å². The molecule has 0 atom stereocenters. The number of halogens is 1. The summed E-state index contributed by atoms with van der Waals surface area (Å²) in [6.45, 7) is 7.94. The lowest BCUT2D eigenvalue weighted by Crippen LogP contribution is -2.41. The number of hydrogen-bond acceptors (Lipinski definition) is 8. The maximum absolute atomic E-state index is 15.1. The maximum Gasteiger partial charge on any atom is 0.255 e. The molecule has 4 heterocycles. The SMILES string of the molecule is Cc1cc(F)c(NC(=O)c2cccc(C(C)(C)C#N)c2)cc1C1=Cc2cnc(NC3COC3)nc2N2CCN=C12. The number of hydrogen-bond donors (Lipinski definition) is 2. The van der Waals surface area contributed by atoms with Crippen molar-refractivity contribution in [3.63, 3.8) is 0 Å². The normalized spacial score (nSPS) is 16.2. The molecule has 2 N–H and O–H groups in total. The van der Waals surface area contributed by atoms with Crippen LogP contribution in [0.3, 0.4) is 0 Å². The number of nitriles is 1. The van der Waals surface area contributed by atoms with Crippen LogP contribution in [-0.2, 0) is 10.2 Å². The molecule has 3 aliphatic heterocycles. The lowest BCUT2D eigenvalue weighted by molar-refractivity contribution is 0.0208. The molecular weight excluding hydrogens is 509 g/mol. The first kappa shape index (κ1) is 25.6. The number of carbonyl (C=O) groups is 1. The quantitative estimate of drug-likeness (QED) is 0.474. The number of nitrogens with zero attached hydrogens (tertiary/aromatic N) is 5. The van der Waals surface area contributed by atoms with Crippen LogP contribution in [0.25, 0.3) is 11.6 Å². The molecule has 0 saturated carbocycles. The van der Waals surface area contributed by atoms with Crippen molar-refractivity contribution in [1.82, 2.24) is 9.97 Å². The number of benzene rings is 2. The van der Waals surface area contributed by atoms with E-state index in [1.807, 2.05) is 13.0 Å². The number of aliphatic imine (C=N–C) groups is 1. The molecule has 0 bridgehead atoms. The first-order valence-electron chi connectivity index (χ1n) is 13.1. The van der Waals surface area contributed by atoms with E-state index in [0.29, 0.717) is 48.9 Å². The highest BCUT2D eigenvalue weighted by Gasteiger charge is 2.32. The molecule has 3 aromatic rings. The summed E-state index contributed by atoms with van der Waals surface area (Å²) in [5, 5.41) is 15.5. The van der Waals surface area contributed by atoms with Gasteiger partial charge >= 0.3 is 0 Å². The Labute approximate surface area is 231 Å². The Bertz CT molecular complexity index is 1640. The second-order valence-electron chi connectivity index (χ2n) is 10.7. The van der Waals surface area contributed by atoms with Crippen molar-refractivity contribution in [3.05, 3.63) is 76.2 Å². The van der Waals surface area contributed by atoms with Gasteiger partial charge in [-0.3, -0.25) is 9.79 Å². The number of ether oxygens (including phenoxy) is 1. The third-order valence-corrected chi connectivity index (χ3v) is 7.38. The molecule has 202 valence electrons. The van der Waals surface area contributed by atoms with Gasteiger partial charge < -0.3 is 20.3 Å². The Morgan fingerprint density at radius 3 is 2.83 bits per heavy atom. The summed E-state index contributed by atoms with van der Waals surface area (Å²) in [7, 11) is 0. The first-order valence-corrected chi connectivity index (χ1v) is 13.1. The fraction of sp³-hybridized carbons (Fsp3) is 0.300. The predicted octanol–water partition coefficient (Wildman–Crippen LogP) is 4.56. The van der Waals surface area contributed by atoms with Crippen molar-refractivity contribution in [1.29, 1.82) is 5.26 Å². The molecule has 1 aromatic heterocycles. The van der Waals surface area contributed by atoms with Crippen LogP contribution in [0.4, 0.5) is 21.8 Å². The zero-order valence-corrected chi connectivity index (χ0v) is 22.5. The van der Waals surface area contributed by atoms with Gasteiger partial charge in [0.05, 0.1) is 43.0 Å². The van der Waals surface area contributed by atoms with Crippen molar-refractivity contribution < 1.29 is 13.9 Å². The summed E-state index contributed by atoms with van der Waals surface area (Å²) >= 11 is 0. The van der Waals surface area contributed by atoms with E-state index >= 15 is 4.39 Å². The molecular formula is C30H28FN7O2. The van der Waals surface area contributed by atoms with Crippen molar-refractivity contribution in [2.75, 3.05) is 41.8 Å². The average Bonchev–Trinajstić information content (AvgIpc) is 3.42. The number of anilines is 3. The van der Waals surface area contributed by atoms with Gasteiger partial charge in [0.25, 0.3) is 5.91 Å². The second-order valence-corrected chi connectivity index (χ2v) is 10.7. The number of aromatic nitrogens is 2. The fourth-order valence-corrected chi connectivity index (χ4v) is 4.94. The van der Waals surface area contributed by atoms with Crippen LogP contribution in [0.5, 0.6) is 0 Å². The number of carbonyl (C=O) groups excluding carboxylic acids is 1. The first-order chi connectivity index (χ1) is 19.2. The molecule has 6 rings (SSSR count). The van der Waals surface area contributed by atoms with Crippen LogP contribution in [0, 0.1) is 24.1 Å². The van der Waals surface area contributed by atoms with Gasteiger partial charge in [-0.05, 0) is 67.8 Å². The Balaban J connectivity index is 1.33. The van der Waals surface area contributed by atoms with Crippen molar-refractivity contribution in [2.45, 2.75) is 32.2 Å². The van der Waals surface area contributed by atoms with E-state index in [2.05, 4.69) is 26.6 Å². The molecule has 1 saturated heterocycles. The van der Waals surface area contributed by atoms with Crippen LogP contribution in [0.15, 0.2) is 47.6 Å². The molecule has 1 amide bonds. The number of rotatable bonds is 6. The van der Waals surface area contributed by atoms with E-state index < -0.39 is 17.1 Å². The minimum absolute atomic E-state index is 0.0610. The largest absolute Gasteiger partial charge is 0.377 e. The summed E-state index contributed by atoms with van der Waals surface area (Å²) in [5.74, 6) is 1.07. The number of aryl methyl sites for hydroxylation is 1. The molecule has 0 unspecified atom stereocenters. The molecule has 10 heteroatoms. The summed E-state index contributed by atoms with van der Waals surface area (Å²) < 4.78 is 20.4. The number of fused-ring (bicyclic) bond motifs is 3. The van der Waals surface area contributed by atoms with Crippen molar-refractivity contribution >= 4 is 40.8 Å². The predicted molar refractivity (Wildman–Crippen MR) is 152 cm³/mol. The molecule has 0 radical (unpaired) electrons. The fourth-order valence-electron chi connectivity index (χ4n) is 4.94. The summed E-state index contributed by atoms with van der Waals surface area (Å²) in [6, 6.07) is 12.3. The zero-order valence-electron chi connectivity index (χ0n) is 22.5. The van der Waals surface area contributed by atoms with E-state index in [9.17, 15) is 10.1 Å². The molecule has 0 spiro atoms. The molecule has 40 heavy (non-hydrogen) atoms. The smallest absolute Gasteiger partial charge is 0.255 e.